The second kappa shape index (κ2) is 5.35. The molecule has 18 heavy (non-hydrogen) atoms. The molecule has 2 rings (SSSR count). The molecule has 0 aliphatic rings. The lowest BCUT2D eigenvalue weighted by molar-refractivity contribution is 0.568. The van der Waals surface area contributed by atoms with Gasteiger partial charge in [-0.2, -0.15) is 4.98 Å². The Morgan fingerprint density at radius 3 is 2.83 bits per heavy atom. The Kier molecular flexibility index (Phi) is 3.81. The molecule has 2 heterocycles. The number of nitrogens with zero attached hydrogens (tertiary/aromatic N) is 2. The van der Waals surface area contributed by atoms with Crippen LogP contribution in [-0.4, -0.2) is 23.6 Å². The molecule has 0 spiro atoms. The molecule has 0 saturated heterocycles. The van der Waals surface area contributed by atoms with E-state index in [-0.39, 0.29) is 5.41 Å². The summed E-state index contributed by atoms with van der Waals surface area (Å²) in [6.45, 7) is 5.30. The van der Waals surface area contributed by atoms with Gasteiger partial charge in [-0.05, 0) is 17.5 Å². The number of hydrogen-bond donors (Lipinski definition) is 2. The molecule has 96 valence electrons. The number of thiophene rings is 1. The zero-order valence-electron chi connectivity index (χ0n) is 10.9. The van der Waals surface area contributed by atoms with Crippen LogP contribution < -0.4 is 10.6 Å². The maximum absolute atomic E-state index is 4.35. The monoisotopic (exact) mass is 262 g/mol. The maximum atomic E-state index is 4.35. The Bertz CT molecular complexity index is 493. The van der Waals surface area contributed by atoms with Gasteiger partial charge in [-0.3, -0.25) is 0 Å². The summed E-state index contributed by atoms with van der Waals surface area (Å²) in [5.41, 5.74) is 0.0962. The number of nitrogens with one attached hydrogen (secondary N) is 2. The SMILES string of the molecule is CNc1nccc(NCC(C)(C)c2cccs2)n1. The molecule has 0 atom stereocenters. The van der Waals surface area contributed by atoms with Gasteiger partial charge in [0, 0.05) is 30.1 Å². The van der Waals surface area contributed by atoms with Gasteiger partial charge in [-0.15, -0.1) is 11.3 Å². The van der Waals surface area contributed by atoms with E-state index in [1.54, 1.807) is 17.5 Å². The minimum atomic E-state index is 0.0962. The summed E-state index contributed by atoms with van der Waals surface area (Å²) in [5, 5.41) is 8.41. The van der Waals surface area contributed by atoms with E-state index in [0.29, 0.717) is 5.95 Å². The molecule has 0 amide bonds. The van der Waals surface area contributed by atoms with Crippen molar-refractivity contribution < 1.29 is 0 Å². The van der Waals surface area contributed by atoms with Crippen molar-refractivity contribution in [3.05, 3.63) is 34.7 Å². The van der Waals surface area contributed by atoms with Gasteiger partial charge in [0.15, 0.2) is 0 Å². The fraction of sp³-hybridized carbons (Fsp3) is 0.385. The first-order valence-corrected chi connectivity index (χ1v) is 6.78. The summed E-state index contributed by atoms with van der Waals surface area (Å²) < 4.78 is 0. The molecule has 0 radical (unpaired) electrons. The third-order valence-corrected chi connectivity index (χ3v) is 4.01. The second-order valence-corrected chi connectivity index (χ2v) is 5.68. The standard InChI is InChI=1S/C13H18N4S/c1-13(2,10-5-4-8-18-10)9-16-11-6-7-15-12(14-3)17-11/h4-8H,9H2,1-3H3,(H2,14,15,16,17). The molecule has 4 nitrogen and oxygen atoms in total. The molecule has 0 saturated carbocycles. The molecular formula is C13H18N4S. The van der Waals surface area contributed by atoms with Gasteiger partial charge in [-0.25, -0.2) is 4.98 Å². The lowest BCUT2D eigenvalue weighted by Gasteiger charge is -2.24. The van der Waals surface area contributed by atoms with Crippen LogP contribution in [0.2, 0.25) is 0 Å². The van der Waals surface area contributed by atoms with Gasteiger partial charge in [0.25, 0.3) is 0 Å². The quantitative estimate of drug-likeness (QED) is 0.869. The van der Waals surface area contributed by atoms with Gasteiger partial charge >= 0.3 is 0 Å². The van der Waals surface area contributed by atoms with E-state index in [1.165, 1.54) is 4.88 Å². The van der Waals surface area contributed by atoms with E-state index >= 15 is 0 Å². The molecule has 2 aromatic rings. The van der Waals surface area contributed by atoms with E-state index in [4.69, 9.17) is 0 Å². The van der Waals surface area contributed by atoms with Crippen LogP contribution in [0.15, 0.2) is 29.8 Å². The zero-order chi connectivity index (χ0) is 13.0. The van der Waals surface area contributed by atoms with E-state index < -0.39 is 0 Å². The minimum Gasteiger partial charge on any atom is -0.369 e. The van der Waals surface area contributed by atoms with Gasteiger partial charge in [-0.1, -0.05) is 19.9 Å². The van der Waals surface area contributed by atoms with Gasteiger partial charge in [0.05, 0.1) is 0 Å². The van der Waals surface area contributed by atoms with Crippen molar-refractivity contribution in [3.8, 4) is 0 Å². The van der Waals surface area contributed by atoms with E-state index in [2.05, 4.69) is 52.0 Å². The van der Waals surface area contributed by atoms with Crippen LogP contribution in [0.3, 0.4) is 0 Å². The largest absolute Gasteiger partial charge is 0.369 e. The van der Waals surface area contributed by atoms with Crippen molar-refractivity contribution in [2.45, 2.75) is 19.3 Å². The Hall–Kier alpha value is -1.62. The molecule has 0 unspecified atom stereocenters. The molecule has 0 bridgehead atoms. The molecule has 0 aliphatic heterocycles. The molecular weight excluding hydrogens is 244 g/mol. The first kappa shape index (κ1) is 12.8. The van der Waals surface area contributed by atoms with Crippen LogP contribution in [0, 0.1) is 0 Å². The molecule has 2 aromatic heterocycles. The number of rotatable bonds is 5. The average molecular weight is 262 g/mol. The first-order chi connectivity index (χ1) is 8.62. The molecule has 0 aliphatic carbocycles. The van der Waals surface area contributed by atoms with Crippen LogP contribution in [-0.2, 0) is 5.41 Å². The fourth-order valence-electron chi connectivity index (χ4n) is 1.64. The molecule has 5 heteroatoms. The van der Waals surface area contributed by atoms with Crippen LogP contribution in [0.4, 0.5) is 11.8 Å². The van der Waals surface area contributed by atoms with Gasteiger partial charge < -0.3 is 10.6 Å². The summed E-state index contributed by atoms with van der Waals surface area (Å²) in [6.07, 6.45) is 1.75. The topological polar surface area (TPSA) is 49.8 Å². The van der Waals surface area contributed by atoms with Crippen molar-refractivity contribution in [2.24, 2.45) is 0 Å². The first-order valence-electron chi connectivity index (χ1n) is 5.90. The highest BCUT2D eigenvalue weighted by Crippen LogP contribution is 2.27. The summed E-state index contributed by atoms with van der Waals surface area (Å²) in [6, 6.07) is 6.14. The van der Waals surface area contributed by atoms with Crippen molar-refractivity contribution in [1.82, 2.24) is 9.97 Å². The Morgan fingerprint density at radius 1 is 1.33 bits per heavy atom. The Labute approximate surface area is 111 Å². The Morgan fingerprint density at radius 2 is 2.17 bits per heavy atom. The van der Waals surface area contributed by atoms with Gasteiger partial charge in [0.2, 0.25) is 5.95 Å². The third kappa shape index (κ3) is 2.98. The molecule has 0 aromatic carbocycles. The van der Waals surface area contributed by atoms with Crippen LogP contribution in [0.1, 0.15) is 18.7 Å². The second-order valence-electron chi connectivity index (χ2n) is 4.73. The summed E-state index contributed by atoms with van der Waals surface area (Å²) in [7, 11) is 1.81. The lowest BCUT2D eigenvalue weighted by Crippen LogP contribution is -2.26. The lowest BCUT2D eigenvalue weighted by atomic mass is 9.91. The van der Waals surface area contributed by atoms with E-state index in [0.717, 1.165) is 12.4 Å². The predicted molar refractivity (Wildman–Crippen MR) is 77.4 cm³/mol. The van der Waals surface area contributed by atoms with Crippen LogP contribution in [0.5, 0.6) is 0 Å². The van der Waals surface area contributed by atoms with Crippen molar-refractivity contribution in [3.63, 3.8) is 0 Å². The highest BCUT2D eigenvalue weighted by atomic mass is 32.1. The average Bonchev–Trinajstić information content (AvgIpc) is 2.91. The number of aromatic nitrogens is 2. The number of hydrogen-bond acceptors (Lipinski definition) is 5. The Balaban J connectivity index is 2.02. The highest BCUT2D eigenvalue weighted by Gasteiger charge is 2.21. The van der Waals surface area contributed by atoms with Crippen molar-refractivity contribution in [1.29, 1.82) is 0 Å². The third-order valence-electron chi connectivity index (χ3n) is 2.78. The minimum absolute atomic E-state index is 0.0962. The normalized spacial score (nSPS) is 11.3. The van der Waals surface area contributed by atoms with E-state index in [9.17, 15) is 0 Å². The van der Waals surface area contributed by atoms with Gasteiger partial charge in [0.1, 0.15) is 5.82 Å². The maximum Gasteiger partial charge on any atom is 0.224 e. The zero-order valence-corrected chi connectivity index (χ0v) is 11.7. The summed E-state index contributed by atoms with van der Waals surface area (Å²) >= 11 is 1.79. The predicted octanol–water partition coefficient (Wildman–Crippen LogP) is 2.97. The summed E-state index contributed by atoms with van der Waals surface area (Å²) in [5.74, 6) is 1.48. The van der Waals surface area contributed by atoms with Crippen molar-refractivity contribution in [2.75, 3.05) is 24.2 Å². The fourth-order valence-corrected chi connectivity index (χ4v) is 2.49. The van der Waals surface area contributed by atoms with Crippen LogP contribution >= 0.6 is 11.3 Å². The summed E-state index contributed by atoms with van der Waals surface area (Å²) in [4.78, 5) is 9.81. The molecule has 2 N–H and O–H groups in total. The van der Waals surface area contributed by atoms with Crippen molar-refractivity contribution >= 4 is 23.1 Å². The highest BCUT2D eigenvalue weighted by molar-refractivity contribution is 7.10. The van der Waals surface area contributed by atoms with E-state index in [1.807, 2.05) is 13.1 Å². The number of anilines is 2. The van der Waals surface area contributed by atoms with Crippen LogP contribution in [0.25, 0.3) is 0 Å². The molecule has 0 fully saturated rings. The smallest absolute Gasteiger partial charge is 0.224 e.